The van der Waals surface area contributed by atoms with Crippen LogP contribution in [0.4, 0.5) is 0 Å². The van der Waals surface area contributed by atoms with Crippen molar-refractivity contribution in [3.63, 3.8) is 0 Å². The molecule has 0 N–H and O–H groups in total. The van der Waals surface area contributed by atoms with Crippen LogP contribution in [0, 0.1) is 12.3 Å². The smallest absolute Gasteiger partial charge is 0.311 e. The summed E-state index contributed by atoms with van der Waals surface area (Å²) in [7, 11) is -1.08. The summed E-state index contributed by atoms with van der Waals surface area (Å²) in [4.78, 5) is 12.6. The fourth-order valence-electron chi connectivity index (χ4n) is 2.55. The molecule has 4 heteroatoms. The van der Waals surface area contributed by atoms with Gasteiger partial charge >= 0.3 is 5.97 Å². The molecule has 0 aliphatic heterocycles. The first-order valence-electron chi connectivity index (χ1n) is 10.1. The van der Waals surface area contributed by atoms with Gasteiger partial charge in [-0.2, -0.15) is 0 Å². The highest BCUT2D eigenvalue weighted by molar-refractivity contribution is 7.88. The van der Waals surface area contributed by atoms with E-state index < -0.39 is 16.2 Å². The van der Waals surface area contributed by atoms with Gasteiger partial charge in [0.15, 0.2) is 0 Å². The van der Waals surface area contributed by atoms with Crippen LogP contribution in [0.5, 0.6) is 0 Å². The number of hydrogen-bond donors (Lipinski definition) is 0. The molecule has 0 saturated carbocycles. The lowest BCUT2D eigenvalue weighted by Crippen LogP contribution is -2.23. The summed E-state index contributed by atoms with van der Waals surface area (Å²) in [5.41, 5.74) is 2.02. The van der Waals surface area contributed by atoms with Crippen LogP contribution < -0.4 is 0 Å². The normalized spacial score (nSPS) is 13.4. The van der Waals surface area contributed by atoms with Gasteiger partial charge in [0, 0.05) is 10.3 Å². The van der Waals surface area contributed by atoms with Crippen molar-refractivity contribution in [1.82, 2.24) is 0 Å². The number of carbonyl (C=O) groups excluding carboxylic acids is 1. The van der Waals surface area contributed by atoms with Gasteiger partial charge in [0.25, 0.3) is 0 Å². The van der Waals surface area contributed by atoms with Gasteiger partial charge in [-0.05, 0) is 78.4 Å². The molecule has 0 spiro atoms. The Labute approximate surface area is 168 Å². The van der Waals surface area contributed by atoms with E-state index in [1.807, 2.05) is 57.4 Å². The quantitative estimate of drug-likeness (QED) is 0.326. The van der Waals surface area contributed by atoms with Gasteiger partial charge < -0.3 is 4.74 Å². The molecule has 0 saturated heterocycles. The monoisotopic (exact) mass is 392 g/mol. The van der Waals surface area contributed by atoms with Crippen LogP contribution in [-0.4, -0.2) is 16.8 Å². The molecule has 0 fully saturated rings. The molecule has 0 radical (unpaired) electrons. The largest absolute Gasteiger partial charge is 0.465 e. The summed E-state index contributed by atoms with van der Waals surface area (Å²) in [5, 5.41) is 1.94. The summed E-state index contributed by atoms with van der Waals surface area (Å²) in [6, 6.07) is 7.91. The number of ether oxygens (including phenoxy) is 1. The lowest BCUT2D eigenvalue weighted by Gasteiger charge is -2.16. The van der Waals surface area contributed by atoms with Crippen molar-refractivity contribution in [2.24, 2.45) is 5.41 Å². The van der Waals surface area contributed by atoms with E-state index in [1.54, 1.807) is 0 Å². The Morgan fingerprint density at radius 1 is 1.04 bits per heavy atom. The molecule has 152 valence electrons. The molecule has 0 aromatic heterocycles. The highest BCUT2D eigenvalue weighted by Gasteiger charge is 2.22. The molecular formula is C23H36O3S. The van der Waals surface area contributed by atoms with E-state index in [-0.39, 0.29) is 5.97 Å². The van der Waals surface area contributed by atoms with Crippen LogP contribution >= 0.6 is 0 Å². The van der Waals surface area contributed by atoms with Crippen LogP contribution in [0.2, 0.25) is 0 Å². The molecule has 0 aliphatic rings. The SMILES string of the molecule is CCCC/C(=C\[S@@](=O)c1ccc(C)cc1)CCCCCOC(=O)C(C)(C)C. The molecule has 0 heterocycles. The fourth-order valence-corrected chi connectivity index (χ4v) is 3.63. The standard InChI is InChI=1S/C23H36O3S/c1-6-7-11-20(18-27(25)21-15-13-19(2)14-16-21)12-9-8-10-17-26-22(24)23(3,4)5/h13-16,18H,6-12,17H2,1-5H3/b20-18+/t27-/m1/s1. The Bertz CT molecular complexity index is 624. The van der Waals surface area contributed by atoms with E-state index in [1.165, 1.54) is 11.1 Å². The average molecular weight is 393 g/mol. The van der Waals surface area contributed by atoms with Crippen molar-refractivity contribution in [2.45, 2.75) is 84.5 Å². The molecule has 0 bridgehead atoms. The Morgan fingerprint density at radius 3 is 2.26 bits per heavy atom. The van der Waals surface area contributed by atoms with Gasteiger partial charge in [-0.15, -0.1) is 0 Å². The zero-order chi connectivity index (χ0) is 20.3. The minimum Gasteiger partial charge on any atom is -0.465 e. The maximum Gasteiger partial charge on any atom is 0.311 e. The van der Waals surface area contributed by atoms with Crippen molar-refractivity contribution in [3.8, 4) is 0 Å². The van der Waals surface area contributed by atoms with E-state index in [0.29, 0.717) is 6.61 Å². The molecule has 1 aromatic carbocycles. The topological polar surface area (TPSA) is 43.4 Å². The molecule has 0 aliphatic carbocycles. The summed E-state index contributed by atoms with van der Waals surface area (Å²) < 4.78 is 17.9. The van der Waals surface area contributed by atoms with E-state index >= 15 is 0 Å². The Morgan fingerprint density at radius 2 is 1.67 bits per heavy atom. The Hall–Kier alpha value is -1.42. The van der Waals surface area contributed by atoms with Crippen molar-refractivity contribution < 1.29 is 13.7 Å². The van der Waals surface area contributed by atoms with Gasteiger partial charge in [-0.25, -0.2) is 4.21 Å². The third-order valence-electron chi connectivity index (χ3n) is 4.37. The molecular weight excluding hydrogens is 356 g/mol. The Kier molecular flexibility index (Phi) is 10.6. The lowest BCUT2D eigenvalue weighted by atomic mass is 9.97. The number of esters is 1. The van der Waals surface area contributed by atoms with Crippen LogP contribution in [0.1, 0.15) is 78.2 Å². The van der Waals surface area contributed by atoms with Crippen LogP contribution in [0.15, 0.2) is 40.1 Å². The van der Waals surface area contributed by atoms with Gasteiger partial charge in [-0.3, -0.25) is 4.79 Å². The number of allylic oxidation sites excluding steroid dienone is 1. The number of aryl methyl sites for hydroxylation is 1. The van der Waals surface area contributed by atoms with Gasteiger partial charge in [0.2, 0.25) is 0 Å². The molecule has 0 amide bonds. The van der Waals surface area contributed by atoms with Crippen molar-refractivity contribution in [3.05, 3.63) is 40.8 Å². The van der Waals surface area contributed by atoms with Crippen molar-refractivity contribution in [2.75, 3.05) is 6.61 Å². The minimum atomic E-state index is -1.08. The molecule has 1 aromatic rings. The maximum absolute atomic E-state index is 12.6. The first kappa shape index (κ1) is 23.6. The van der Waals surface area contributed by atoms with E-state index in [9.17, 15) is 9.00 Å². The third kappa shape index (κ3) is 9.90. The second-order valence-electron chi connectivity index (χ2n) is 8.19. The predicted molar refractivity (Wildman–Crippen MR) is 114 cm³/mol. The first-order chi connectivity index (χ1) is 12.7. The Balaban J connectivity index is 2.46. The maximum atomic E-state index is 12.6. The predicted octanol–water partition coefficient (Wildman–Crippen LogP) is 6.33. The van der Waals surface area contributed by atoms with E-state index in [4.69, 9.17) is 4.74 Å². The van der Waals surface area contributed by atoms with Gasteiger partial charge in [0.1, 0.15) is 0 Å². The highest BCUT2D eigenvalue weighted by Crippen LogP contribution is 2.20. The van der Waals surface area contributed by atoms with E-state index in [0.717, 1.165) is 49.8 Å². The lowest BCUT2D eigenvalue weighted by molar-refractivity contribution is -0.153. The zero-order valence-corrected chi connectivity index (χ0v) is 18.5. The number of benzene rings is 1. The van der Waals surface area contributed by atoms with Gasteiger partial charge in [-0.1, -0.05) is 36.6 Å². The highest BCUT2D eigenvalue weighted by atomic mass is 32.2. The summed E-state index contributed by atoms with van der Waals surface area (Å²) >= 11 is 0. The molecule has 1 atom stereocenters. The van der Waals surface area contributed by atoms with Crippen molar-refractivity contribution in [1.29, 1.82) is 0 Å². The summed E-state index contributed by atoms with van der Waals surface area (Å²) in [6.07, 6.45) is 7.16. The van der Waals surface area contributed by atoms with Crippen LogP contribution in [0.25, 0.3) is 0 Å². The molecule has 3 nitrogen and oxygen atoms in total. The number of rotatable bonds is 11. The third-order valence-corrected chi connectivity index (χ3v) is 5.65. The average Bonchev–Trinajstić information content (AvgIpc) is 2.61. The van der Waals surface area contributed by atoms with Crippen LogP contribution in [0.3, 0.4) is 0 Å². The van der Waals surface area contributed by atoms with Crippen LogP contribution in [-0.2, 0) is 20.3 Å². The summed E-state index contributed by atoms with van der Waals surface area (Å²) in [5.74, 6) is -0.139. The van der Waals surface area contributed by atoms with E-state index in [2.05, 4.69) is 6.92 Å². The number of hydrogen-bond acceptors (Lipinski definition) is 3. The molecule has 0 unspecified atom stereocenters. The van der Waals surface area contributed by atoms with Gasteiger partial charge in [0.05, 0.1) is 22.8 Å². The first-order valence-corrected chi connectivity index (χ1v) is 11.3. The minimum absolute atomic E-state index is 0.139. The number of unbranched alkanes of at least 4 members (excludes halogenated alkanes) is 3. The fraction of sp³-hybridized carbons (Fsp3) is 0.609. The second kappa shape index (κ2) is 12.1. The summed E-state index contributed by atoms with van der Waals surface area (Å²) in [6.45, 7) is 10.3. The zero-order valence-electron chi connectivity index (χ0n) is 17.7. The van der Waals surface area contributed by atoms with Crippen molar-refractivity contribution >= 4 is 16.8 Å². The second-order valence-corrected chi connectivity index (χ2v) is 9.49. The molecule has 27 heavy (non-hydrogen) atoms. The molecule has 1 rings (SSSR count). The number of carbonyl (C=O) groups is 1.